The smallest absolute Gasteiger partial charge is 0.254 e. The van der Waals surface area contributed by atoms with Crippen molar-refractivity contribution >= 4 is 5.91 Å². The van der Waals surface area contributed by atoms with Gasteiger partial charge in [-0.3, -0.25) is 4.79 Å². The van der Waals surface area contributed by atoms with Crippen molar-refractivity contribution in [1.82, 2.24) is 4.90 Å². The first-order valence-corrected chi connectivity index (χ1v) is 5.50. The molecular weight excluding hydrogens is 234 g/mol. The molecule has 0 saturated carbocycles. The van der Waals surface area contributed by atoms with Crippen LogP contribution in [0.15, 0.2) is 30.9 Å². The molecule has 98 valence electrons. The molecule has 0 radical (unpaired) electrons. The van der Waals surface area contributed by atoms with E-state index >= 15 is 0 Å². The van der Waals surface area contributed by atoms with Gasteiger partial charge < -0.3 is 19.8 Å². The normalized spacial score (nSPS) is 10.1. The fourth-order valence-corrected chi connectivity index (χ4v) is 1.53. The van der Waals surface area contributed by atoms with Crippen LogP contribution in [0, 0.1) is 0 Å². The third kappa shape index (κ3) is 3.78. The molecular formula is C13H17NO4. The summed E-state index contributed by atoms with van der Waals surface area (Å²) >= 11 is 0. The first kappa shape index (κ1) is 14.1. The molecule has 0 heterocycles. The van der Waals surface area contributed by atoms with E-state index in [2.05, 4.69) is 6.58 Å². The maximum atomic E-state index is 12.1. The number of benzene rings is 1. The van der Waals surface area contributed by atoms with Crippen molar-refractivity contribution in [2.45, 2.75) is 0 Å². The maximum absolute atomic E-state index is 12.1. The van der Waals surface area contributed by atoms with Gasteiger partial charge in [0, 0.05) is 31.8 Å². The molecule has 0 aliphatic heterocycles. The minimum atomic E-state index is -0.293. The first-order chi connectivity index (χ1) is 8.58. The first-order valence-electron chi connectivity index (χ1n) is 5.50. The number of hydrogen-bond acceptors (Lipinski definition) is 4. The number of aromatic hydroxyl groups is 2. The van der Waals surface area contributed by atoms with Crippen LogP contribution in [0.3, 0.4) is 0 Å². The second-order valence-electron chi connectivity index (χ2n) is 3.77. The molecule has 1 amide bonds. The average Bonchev–Trinajstić information content (AvgIpc) is 2.32. The average molecular weight is 251 g/mol. The zero-order chi connectivity index (χ0) is 13.5. The fraction of sp³-hybridized carbons (Fsp3) is 0.308. The third-order valence-electron chi connectivity index (χ3n) is 2.35. The zero-order valence-corrected chi connectivity index (χ0v) is 10.3. The molecule has 1 aromatic rings. The van der Waals surface area contributed by atoms with Gasteiger partial charge in [-0.1, -0.05) is 6.08 Å². The lowest BCUT2D eigenvalue weighted by Gasteiger charge is -2.20. The highest BCUT2D eigenvalue weighted by Gasteiger charge is 2.15. The second kappa shape index (κ2) is 6.66. The van der Waals surface area contributed by atoms with Gasteiger partial charge >= 0.3 is 0 Å². The molecule has 0 fully saturated rings. The monoisotopic (exact) mass is 251 g/mol. The maximum Gasteiger partial charge on any atom is 0.254 e. The molecule has 0 aliphatic rings. The Morgan fingerprint density at radius 1 is 1.39 bits per heavy atom. The van der Waals surface area contributed by atoms with Crippen LogP contribution in [0.5, 0.6) is 11.5 Å². The van der Waals surface area contributed by atoms with Crippen molar-refractivity contribution in [3.63, 3.8) is 0 Å². The van der Waals surface area contributed by atoms with E-state index in [1.165, 1.54) is 23.1 Å². The molecule has 1 aromatic carbocycles. The van der Waals surface area contributed by atoms with Gasteiger partial charge in [-0.2, -0.15) is 0 Å². The van der Waals surface area contributed by atoms with Crippen LogP contribution in [0.25, 0.3) is 0 Å². The summed E-state index contributed by atoms with van der Waals surface area (Å²) in [6.07, 6.45) is 1.61. The molecule has 5 heteroatoms. The Balaban J connectivity index is 2.89. The SMILES string of the molecule is C=CCN(CCOC)C(=O)c1cc(O)cc(O)c1. The summed E-state index contributed by atoms with van der Waals surface area (Å²) in [6, 6.07) is 3.79. The van der Waals surface area contributed by atoms with E-state index in [0.717, 1.165) is 0 Å². The number of phenolic OH excluding ortho intramolecular Hbond substituents is 2. The van der Waals surface area contributed by atoms with Crippen molar-refractivity contribution in [1.29, 1.82) is 0 Å². The van der Waals surface area contributed by atoms with Gasteiger partial charge in [0.15, 0.2) is 0 Å². The Labute approximate surface area is 106 Å². The topological polar surface area (TPSA) is 70.0 Å². The number of methoxy groups -OCH3 is 1. The molecule has 2 N–H and O–H groups in total. The quantitative estimate of drug-likeness (QED) is 0.749. The Kier molecular flexibility index (Phi) is 5.20. The third-order valence-corrected chi connectivity index (χ3v) is 2.35. The van der Waals surface area contributed by atoms with Gasteiger partial charge in [-0.15, -0.1) is 6.58 Å². The van der Waals surface area contributed by atoms with E-state index in [4.69, 9.17) is 4.74 Å². The van der Waals surface area contributed by atoms with E-state index in [1.807, 2.05) is 0 Å². The van der Waals surface area contributed by atoms with Crippen molar-refractivity contribution in [2.24, 2.45) is 0 Å². The van der Waals surface area contributed by atoms with Crippen molar-refractivity contribution in [3.8, 4) is 11.5 Å². The standard InChI is InChI=1S/C13H17NO4/c1-3-4-14(5-6-18-2)13(17)10-7-11(15)9-12(16)8-10/h3,7-9,15-16H,1,4-6H2,2H3. The van der Waals surface area contributed by atoms with Gasteiger partial charge in [-0.05, 0) is 12.1 Å². The van der Waals surface area contributed by atoms with Crippen molar-refractivity contribution in [3.05, 3.63) is 36.4 Å². The minimum absolute atomic E-state index is 0.149. The Morgan fingerprint density at radius 3 is 2.50 bits per heavy atom. The summed E-state index contributed by atoms with van der Waals surface area (Å²) in [4.78, 5) is 13.7. The van der Waals surface area contributed by atoms with Gasteiger partial charge in [0.1, 0.15) is 11.5 Å². The van der Waals surface area contributed by atoms with Crippen LogP contribution in [0.4, 0.5) is 0 Å². The van der Waals surface area contributed by atoms with Crippen molar-refractivity contribution in [2.75, 3.05) is 26.8 Å². The van der Waals surface area contributed by atoms with Gasteiger partial charge in [0.05, 0.1) is 6.61 Å². The summed E-state index contributed by atoms with van der Waals surface area (Å²) in [5.74, 6) is -0.592. The molecule has 5 nitrogen and oxygen atoms in total. The highest BCUT2D eigenvalue weighted by atomic mass is 16.5. The summed E-state index contributed by atoms with van der Waals surface area (Å²) in [5.41, 5.74) is 0.227. The highest BCUT2D eigenvalue weighted by Crippen LogP contribution is 2.21. The summed E-state index contributed by atoms with van der Waals surface area (Å²) in [7, 11) is 1.55. The van der Waals surface area contributed by atoms with Crippen LogP contribution in [0.2, 0.25) is 0 Å². The van der Waals surface area contributed by atoms with Crippen LogP contribution in [-0.2, 0) is 4.74 Å². The molecule has 0 bridgehead atoms. The number of carbonyl (C=O) groups is 1. The molecule has 0 aliphatic carbocycles. The number of ether oxygens (including phenoxy) is 1. The van der Waals surface area contributed by atoms with E-state index in [0.29, 0.717) is 19.7 Å². The molecule has 0 aromatic heterocycles. The number of nitrogens with zero attached hydrogens (tertiary/aromatic N) is 1. The number of phenols is 2. The predicted molar refractivity (Wildman–Crippen MR) is 67.7 cm³/mol. The molecule has 0 saturated heterocycles. The highest BCUT2D eigenvalue weighted by molar-refractivity contribution is 5.95. The van der Waals surface area contributed by atoms with E-state index < -0.39 is 0 Å². The lowest BCUT2D eigenvalue weighted by molar-refractivity contribution is 0.0717. The Bertz CT molecular complexity index is 411. The summed E-state index contributed by atoms with van der Waals surface area (Å²) in [6.45, 7) is 4.78. The van der Waals surface area contributed by atoms with Gasteiger partial charge in [-0.25, -0.2) is 0 Å². The summed E-state index contributed by atoms with van der Waals surface area (Å²) < 4.78 is 4.93. The molecule has 0 atom stereocenters. The molecule has 0 spiro atoms. The lowest BCUT2D eigenvalue weighted by Crippen LogP contribution is -2.34. The van der Waals surface area contributed by atoms with Gasteiger partial charge in [0.25, 0.3) is 5.91 Å². The van der Waals surface area contributed by atoms with E-state index in [9.17, 15) is 15.0 Å². The van der Waals surface area contributed by atoms with Crippen molar-refractivity contribution < 1.29 is 19.7 Å². The van der Waals surface area contributed by atoms with Crippen LogP contribution < -0.4 is 0 Å². The van der Waals surface area contributed by atoms with Gasteiger partial charge in [0.2, 0.25) is 0 Å². The van der Waals surface area contributed by atoms with E-state index in [-0.39, 0.29) is 23.0 Å². The molecule has 18 heavy (non-hydrogen) atoms. The van der Waals surface area contributed by atoms with Crippen LogP contribution >= 0.6 is 0 Å². The van der Waals surface area contributed by atoms with Crippen LogP contribution in [0.1, 0.15) is 10.4 Å². The van der Waals surface area contributed by atoms with E-state index in [1.54, 1.807) is 13.2 Å². The largest absolute Gasteiger partial charge is 0.508 e. The predicted octanol–water partition coefficient (Wildman–Crippen LogP) is 1.37. The zero-order valence-electron chi connectivity index (χ0n) is 10.3. The number of hydrogen-bond donors (Lipinski definition) is 2. The Hall–Kier alpha value is -2.01. The number of amides is 1. The fourth-order valence-electron chi connectivity index (χ4n) is 1.53. The second-order valence-corrected chi connectivity index (χ2v) is 3.77. The lowest BCUT2D eigenvalue weighted by atomic mass is 10.1. The number of rotatable bonds is 6. The molecule has 0 unspecified atom stereocenters. The Morgan fingerprint density at radius 2 is 2.00 bits per heavy atom. The number of carbonyl (C=O) groups excluding carboxylic acids is 1. The van der Waals surface area contributed by atoms with Crippen LogP contribution in [-0.4, -0.2) is 47.8 Å². The minimum Gasteiger partial charge on any atom is -0.508 e. The molecule has 1 rings (SSSR count). The summed E-state index contributed by atoms with van der Waals surface area (Å²) in [5, 5.41) is 18.7.